The van der Waals surface area contributed by atoms with Crippen molar-refractivity contribution in [1.82, 2.24) is 0 Å². The van der Waals surface area contributed by atoms with Gasteiger partial charge < -0.3 is 14.2 Å². The first-order valence-electron chi connectivity index (χ1n) is 28.0. The topological polar surface area (TPSA) is 78.9 Å². The number of rotatable bonds is 49. The summed E-state index contributed by atoms with van der Waals surface area (Å²) in [5.41, 5.74) is 0. The number of unbranched alkanes of at least 4 members (excludes halogenated alkanes) is 18. The second kappa shape index (κ2) is 56.4. The van der Waals surface area contributed by atoms with E-state index in [0.29, 0.717) is 19.3 Å². The smallest absolute Gasteiger partial charge is 0.306 e. The Balaban J connectivity index is 4.32. The standard InChI is InChI=1S/C63H102O6/c1-4-7-10-13-16-18-20-22-24-25-26-27-28-29-30-31-32-33-34-35-36-37-39-40-42-44-47-50-53-56-62(65)68-59-60(58-67-61(64)55-52-49-46-15-12-9-6-3)69-63(66)57-54-51-48-45-43-41-38-23-21-19-17-14-11-8-5-2/h7,10,16,18,22-24,26-27,29-30,32-33,35-36,38-40,44,47,60H,4-6,8-9,11-15,17,19-21,25,28,31,34,37,41-43,45-46,48-59H2,1-3H3/b10-7-,18-16-,24-22-,27-26-,30-29-,33-32-,36-35-,38-23-,40-39-,47-44-. The average Bonchev–Trinajstić information content (AvgIpc) is 3.35. The molecule has 0 saturated carbocycles. The van der Waals surface area contributed by atoms with Crippen LogP contribution in [0.5, 0.6) is 0 Å². The van der Waals surface area contributed by atoms with Crippen LogP contribution in [0.2, 0.25) is 0 Å². The molecule has 390 valence electrons. The Morgan fingerprint density at radius 1 is 0.304 bits per heavy atom. The molecule has 0 aromatic heterocycles. The summed E-state index contributed by atoms with van der Waals surface area (Å²) >= 11 is 0. The Labute approximate surface area is 424 Å². The molecule has 0 aliphatic rings. The number of hydrogen-bond donors (Lipinski definition) is 0. The van der Waals surface area contributed by atoms with Crippen molar-refractivity contribution >= 4 is 17.9 Å². The van der Waals surface area contributed by atoms with Crippen LogP contribution < -0.4 is 0 Å². The van der Waals surface area contributed by atoms with E-state index in [2.05, 4.69) is 142 Å². The molecular weight excluding hydrogens is 853 g/mol. The van der Waals surface area contributed by atoms with Crippen molar-refractivity contribution in [2.24, 2.45) is 0 Å². The van der Waals surface area contributed by atoms with Gasteiger partial charge in [0.05, 0.1) is 0 Å². The molecule has 0 heterocycles. The molecule has 69 heavy (non-hydrogen) atoms. The van der Waals surface area contributed by atoms with E-state index in [1.54, 1.807) is 0 Å². The lowest BCUT2D eigenvalue weighted by Crippen LogP contribution is -2.30. The summed E-state index contributed by atoms with van der Waals surface area (Å²) in [6.07, 6.45) is 77.9. The van der Waals surface area contributed by atoms with Crippen LogP contribution in [0.1, 0.15) is 239 Å². The van der Waals surface area contributed by atoms with Crippen LogP contribution in [0.3, 0.4) is 0 Å². The Morgan fingerprint density at radius 3 is 0.957 bits per heavy atom. The van der Waals surface area contributed by atoms with Gasteiger partial charge in [-0.1, -0.05) is 232 Å². The minimum absolute atomic E-state index is 0.101. The molecule has 0 aliphatic carbocycles. The molecule has 0 aromatic rings. The van der Waals surface area contributed by atoms with Crippen LogP contribution >= 0.6 is 0 Å². The van der Waals surface area contributed by atoms with E-state index < -0.39 is 6.10 Å². The van der Waals surface area contributed by atoms with E-state index in [4.69, 9.17) is 14.2 Å². The molecule has 0 N–H and O–H groups in total. The Morgan fingerprint density at radius 2 is 0.580 bits per heavy atom. The minimum Gasteiger partial charge on any atom is -0.462 e. The maximum atomic E-state index is 12.8. The number of carbonyl (C=O) groups excluding carboxylic acids is 3. The average molecular weight is 956 g/mol. The van der Waals surface area contributed by atoms with Gasteiger partial charge in [0, 0.05) is 19.3 Å². The van der Waals surface area contributed by atoms with E-state index in [-0.39, 0.29) is 37.5 Å². The van der Waals surface area contributed by atoms with Gasteiger partial charge in [0.15, 0.2) is 6.10 Å². The maximum Gasteiger partial charge on any atom is 0.306 e. The third kappa shape index (κ3) is 54.6. The van der Waals surface area contributed by atoms with Crippen LogP contribution in [0.25, 0.3) is 0 Å². The molecule has 0 bridgehead atoms. The number of allylic oxidation sites excluding steroid dienone is 20. The highest BCUT2D eigenvalue weighted by Crippen LogP contribution is 2.13. The minimum atomic E-state index is -0.805. The predicted octanol–water partition coefficient (Wildman–Crippen LogP) is 18.9. The zero-order valence-electron chi connectivity index (χ0n) is 44.5. The largest absolute Gasteiger partial charge is 0.462 e. The summed E-state index contributed by atoms with van der Waals surface area (Å²) in [6.45, 7) is 6.41. The van der Waals surface area contributed by atoms with Gasteiger partial charge in [-0.2, -0.15) is 0 Å². The fraction of sp³-hybridized carbons (Fsp3) is 0.635. The molecule has 0 radical (unpaired) electrons. The van der Waals surface area contributed by atoms with Crippen molar-refractivity contribution in [3.05, 3.63) is 122 Å². The molecule has 0 amide bonds. The molecule has 6 heteroatoms. The molecule has 1 unspecified atom stereocenters. The summed E-state index contributed by atoms with van der Waals surface area (Å²) in [4.78, 5) is 37.8. The number of ether oxygens (including phenoxy) is 3. The van der Waals surface area contributed by atoms with Gasteiger partial charge in [-0.25, -0.2) is 0 Å². The Hall–Kier alpha value is -4.19. The Kier molecular flexibility index (Phi) is 53.0. The third-order valence-electron chi connectivity index (χ3n) is 11.5. The van der Waals surface area contributed by atoms with E-state index in [9.17, 15) is 14.4 Å². The molecule has 0 saturated heterocycles. The lowest BCUT2D eigenvalue weighted by atomic mass is 10.1. The summed E-state index contributed by atoms with van der Waals surface area (Å²) < 4.78 is 16.7. The second-order valence-corrected chi connectivity index (χ2v) is 18.1. The Bertz CT molecular complexity index is 1470. The van der Waals surface area contributed by atoms with Crippen molar-refractivity contribution in [3.8, 4) is 0 Å². The number of esters is 3. The van der Waals surface area contributed by atoms with Gasteiger partial charge in [-0.3, -0.25) is 14.4 Å². The van der Waals surface area contributed by atoms with Crippen molar-refractivity contribution in [1.29, 1.82) is 0 Å². The fourth-order valence-electron chi connectivity index (χ4n) is 7.26. The summed E-state index contributed by atoms with van der Waals surface area (Å²) in [5, 5.41) is 0. The van der Waals surface area contributed by atoms with Crippen molar-refractivity contribution in [2.45, 2.75) is 245 Å². The highest BCUT2D eigenvalue weighted by atomic mass is 16.6. The number of carbonyl (C=O) groups is 3. The van der Waals surface area contributed by atoms with Crippen molar-refractivity contribution < 1.29 is 28.6 Å². The molecule has 1 atom stereocenters. The molecule has 0 fully saturated rings. The summed E-state index contributed by atoms with van der Waals surface area (Å²) in [6, 6.07) is 0. The van der Waals surface area contributed by atoms with E-state index in [0.717, 1.165) is 116 Å². The second-order valence-electron chi connectivity index (χ2n) is 18.1. The highest BCUT2D eigenvalue weighted by Gasteiger charge is 2.19. The van der Waals surface area contributed by atoms with E-state index >= 15 is 0 Å². The first-order chi connectivity index (χ1) is 34.0. The van der Waals surface area contributed by atoms with Gasteiger partial charge in [0.2, 0.25) is 0 Å². The molecule has 0 aliphatic heterocycles. The van der Waals surface area contributed by atoms with Crippen molar-refractivity contribution in [3.63, 3.8) is 0 Å². The zero-order valence-corrected chi connectivity index (χ0v) is 44.5. The van der Waals surface area contributed by atoms with Crippen molar-refractivity contribution in [2.75, 3.05) is 13.2 Å². The summed E-state index contributed by atoms with van der Waals surface area (Å²) in [5.74, 6) is -0.983. The van der Waals surface area contributed by atoms with Gasteiger partial charge in [0.25, 0.3) is 0 Å². The maximum absolute atomic E-state index is 12.8. The quantitative estimate of drug-likeness (QED) is 0.0262. The normalized spacial score (nSPS) is 13.0. The first kappa shape index (κ1) is 64.8. The third-order valence-corrected chi connectivity index (χ3v) is 11.5. The lowest BCUT2D eigenvalue weighted by molar-refractivity contribution is -0.167. The van der Waals surface area contributed by atoms with Gasteiger partial charge >= 0.3 is 17.9 Å². The molecule has 6 nitrogen and oxygen atoms in total. The molecular formula is C63H102O6. The molecule has 0 aromatic carbocycles. The van der Waals surface area contributed by atoms with Crippen LogP contribution in [-0.4, -0.2) is 37.2 Å². The predicted molar refractivity (Wildman–Crippen MR) is 297 cm³/mol. The van der Waals surface area contributed by atoms with Crippen LogP contribution in [0.4, 0.5) is 0 Å². The van der Waals surface area contributed by atoms with Crippen LogP contribution in [0, 0.1) is 0 Å². The van der Waals surface area contributed by atoms with Gasteiger partial charge in [-0.05, 0) is 109 Å². The van der Waals surface area contributed by atoms with Crippen LogP contribution in [0.15, 0.2) is 122 Å². The zero-order chi connectivity index (χ0) is 50.0. The lowest BCUT2D eigenvalue weighted by Gasteiger charge is -2.18. The van der Waals surface area contributed by atoms with Crippen LogP contribution in [-0.2, 0) is 28.6 Å². The fourth-order valence-corrected chi connectivity index (χ4v) is 7.26. The van der Waals surface area contributed by atoms with Gasteiger partial charge in [0.1, 0.15) is 13.2 Å². The highest BCUT2D eigenvalue weighted by molar-refractivity contribution is 5.71. The monoisotopic (exact) mass is 955 g/mol. The molecule has 0 spiro atoms. The molecule has 0 rings (SSSR count). The van der Waals surface area contributed by atoms with E-state index in [1.807, 2.05) is 0 Å². The number of hydrogen-bond acceptors (Lipinski definition) is 6. The van der Waals surface area contributed by atoms with Gasteiger partial charge in [-0.15, -0.1) is 0 Å². The van der Waals surface area contributed by atoms with E-state index in [1.165, 1.54) is 77.0 Å². The SMILES string of the molecule is CC/C=C\C/C=C\C/C=C\C/C=C\C/C=C\C/C=C\C/C=C\C/C=C\C/C=C\CCCC(=O)OCC(COC(=O)CCCCCCCCC)OC(=O)CCCCCCC/C=C\CCCCCCCC. The summed E-state index contributed by atoms with van der Waals surface area (Å²) in [7, 11) is 0. The first-order valence-corrected chi connectivity index (χ1v) is 28.0.